The minimum absolute atomic E-state index is 0.0574. The molecular weight excluding hydrogens is 434 g/mol. The molecule has 1 aliphatic heterocycles. The van der Waals surface area contributed by atoms with Crippen LogP contribution in [0.4, 0.5) is 8.78 Å². The largest absolute Gasteiger partial charge is 0.335 e. The molecule has 28 heavy (non-hydrogen) atoms. The molecule has 0 atom stereocenters. The van der Waals surface area contributed by atoms with Gasteiger partial charge < -0.3 is 4.90 Å². The topological polar surface area (TPSA) is 75.0 Å². The van der Waals surface area contributed by atoms with Crippen molar-refractivity contribution in [2.75, 3.05) is 26.2 Å². The predicted molar refractivity (Wildman–Crippen MR) is 99.1 cm³/mol. The molecule has 7 nitrogen and oxygen atoms in total. The average molecular weight is 447 g/mol. The number of thiazole rings is 1. The molecule has 1 aliphatic rings. The fraction of sp³-hybridized carbons (Fsp3) is 0.250. The van der Waals surface area contributed by atoms with E-state index in [4.69, 9.17) is 11.6 Å². The minimum atomic E-state index is -4.36. The molecule has 3 aromatic rings. The van der Waals surface area contributed by atoms with Crippen molar-refractivity contribution >= 4 is 43.8 Å². The number of hydrogen-bond acceptors (Lipinski definition) is 5. The van der Waals surface area contributed by atoms with Crippen molar-refractivity contribution in [3.05, 3.63) is 52.3 Å². The summed E-state index contributed by atoms with van der Waals surface area (Å²) >= 11 is 7.41. The summed E-state index contributed by atoms with van der Waals surface area (Å²) in [5.74, 6) is -2.68. The molecule has 1 fully saturated rings. The summed E-state index contributed by atoms with van der Waals surface area (Å²) < 4.78 is 55.7. The quantitative estimate of drug-likeness (QED) is 0.619. The number of halogens is 3. The molecule has 0 bridgehead atoms. The molecule has 1 saturated heterocycles. The number of nitrogens with zero attached hydrogens (tertiary/aromatic N) is 4. The third-order valence-electron chi connectivity index (χ3n) is 4.46. The van der Waals surface area contributed by atoms with E-state index in [1.165, 1.54) is 16.2 Å². The highest BCUT2D eigenvalue weighted by Gasteiger charge is 2.35. The number of sulfonamides is 1. The van der Waals surface area contributed by atoms with Gasteiger partial charge in [0, 0.05) is 37.8 Å². The van der Waals surface area contributed by atoms with E-state index in [-0.39, 0.29) is 42.9 Å². The van der Waals surface area contributed by atoms with Crippen molar-refractivity contribution in [1.29, 1.82) is 0 Å². The molecule has 148 valence electrons. The summed E-state index contributed by atoms with van der Waals surface area (Å²) in [4.78, 5) is 18.0. The van der Waals surface area contributed by atoms with Gasteiger partial charge in [0.25, 0.3) is 5.91 Å². The molecule has 2 aromatic heterocycles. The maximum Gasteiger partial charge on any atom is 0.274 e. The van der Waals surface area contributed by atoms with E-state index < -0.39 is 26.6 Å². The Hall–Kier alpha value is -2.08. The van der Waals surface area contributed by atoms with E-state index in [9.17, 15) is 22.0 Å². The SMILES string of the molecule is O=C(c1c(Cl)nc2sccn12)N1CCN(S(=O)(=O)c2c(F)cccc2F)CC1. The van der Waals surface area contributed by atoms with Crippen molar-refractivity contribution in [1.82, 2.24) is 18.6 Å². The number of carbonyl (C=O) groups is 1. The van der Waals surface area contributed by atoms with Crippen LogP contribution in [-0.2, 0) is 10.0 Å². The smallest absolute Gasteiger partial charge is 0.274 e. The van der Waals surface area contributed by atoms with Gasteiger partial charge >= 0.3 is 0 Å². The number of piperazine rings is 1. The molecule has 0 spiro atoms. The maximum atomic E-state index is 13.9. The Morgan fingerprint density at radius 1 is 1.14 bits per heavy atom. The van der Waals surface area contributed by atoms with Gasteiger partial charge in [-0.25, -0.2) is 22.2 Å². The second-order valence-electron chi connectivity index (χ2n) is 6.05. The number of benzene rings is 1. The van der Waals surface area contributed by atoms with Crippen LogP contribution in [0.25, 0.3) is 4.96 Å². The van der Waals surface area contributed by atoms with Crippen molar-refractivity contribution < 1.29 is 22.0 Å². The van der Waals surface area contributed by atoms with Crippen molar-refractivity contribution in [3.63, 3.8) is 0 Å². The van der Waals surface area contributed by atoms with Crippen LogP contribution in [0.5, 0.6) is 0 Å². The Morgan fingerprint density at radius 2 is 1.79 bits per heavy atom. The molecule has 12 heteroatoms. The summed E-state index contributed by atoms with van der Waals surface area (Å²) in [6.07, 6.45) is 1.67. The minimum Gasteiger partial charge on any atom is -0.335 e. The predicted octanol–water partition coefficient (Wildman–Crippen LogP) is 2.47. The molecule has 1 aromatic carbocycles. The van der Waals surface area contributed by atoms with E-state index in [2.05, 4.69) is 4.98 Å². The molecule has 0 radical (unpaired) electrons. The Balaban J connectivity index is 1.54. The first-order valence-electron chi connectivity index (χ1n) is 8.15. The molecule has 3 heterocycles. The van der Waals surface area contributed by atoms with Crippen molar-refractivity contribution in [3.8, 4) is 0 Å². The fourth-order valence-corrected chi connectivity index (χ4v) is 5.64. The third kappa shape index (κ3) is 3.08. The van der Waals surface area contributed by atoms with E-state index in [0.29, 0.717) is 4.96 Å². The molecule has 0 aliphatic carbocycles. The first-order chi connectivity index (χ1) is 13.3. The lowest BCUT2D eigenvalue weighted by Crippen LogP contribution is -2.51. The highest BCUT2D eigenvalue weighted by Crippen LogP contribution is 2.26. The normalized spacial score (nSPS) is 16.0. The Morgan fingerprint density at radius 3 is 2.43 bits per heavy atom. The van der Waals surface area contributed by atoms with Gasteiger partial charge in [0.1, 0.15) is 11.6 Å². The van der Waals surface area contributed by atoms with Gasteiger partial charge in [0.15, 0.2) is 20.7 Å². The number of rotatable bonds is 3. The van der Waals surface area contributed by atoms with Gasteiger partial charge in [-0.05, 0) is 12.1 Å². The fourth-order valence-electron chi connectivity index (χ4n) is 3.09. The highest BCUT2D eigenvalue weighted by atomic mass is 35.5. The number of amides is 1. The van der Waals surface area contributed by atoms with Crippen LogP contribution in [0.3, 0.4) is 0 Å². The van der Waals surface area contributed by atoms with Crippen LogP contribution < -0.4 is 0 Å². The van der Waals surface area contributed by atoms with E-state index in [1.807, 2.05) is 0 Å². The Bertz CT molecular complexity index is 1150. The van der Waals surface area contributed by atoms with Crippen LogP contribution in [0, 0.1) is 11.6 Å². The molecule has 4 rings (SSSR count). The summed E-state index contributed by atoms with van der Waals surface area (Å²) in [6.45, 7) is -0.0697. The second-order valence-corrected chi connectivity index (χ2v) is 9.16. The van der Waals surface area contributed by atoms with Crippen LogP contribution in [0.1, 0.15) is 10.5 Å². The molecule has 1 amide bonds. The van der Waals surface area contributed by atoms with E-state index >= 15 is 0 Å². The lowest BCUT2D eigenvalue weighted by Gasteiger charge is -2.34. The lowest BCUT2D eigenvalue weighted by atomic mass is 10.3. The number of imidazole rings is 1. The Labute approximate surface area is 167 Å². The van der Waals surface area contributed by atoms with Gasteiger partial charge in [-0.3, -0.25) is 9.20 Å². The van der Waals surface area contributed by atoms with Crippen molar-refractivity contribution in [2.24, 2.45) is 0 Å². The van der Waals surface area contributed by atoms with Crippen LogP contribution in [0.2, 0.25) is 5.15 Å². The van der Waals surface area contributed by atoms with Gasteiger partial charge in [0.05, 0.1) is 0 Å². The Kier molecular flexibility index (Phi) is 4.86. The number of fused-ring (bicyclic) bond motifs is 1. The molecule has 0 unspecified atom stereocenters. The standard InChI is InChI=1S/C16H13ClF2N4O3S2/c17-14-12(23-8-9-27-16(23)20-14)15(24)21-4-6-22(7-5-21)28(25,26)13-10(18)2-1-3-11(13)19/h1-3,8-9H,4-7H2. The molecule has 0 saturated carbocycles. The zero-order chi connectivity index (χ0) is 20.1. The number of carbonyl (C=O) groups excluding carboxylic acids is 1. The summed E-state index contributed by atoms with van der Waals surface area (Å²) in [5, 5.41) is 1.84. The first kappa shape index (κ1) is 19.2. The van der Waals surface area contributed by atoms with Crippen molar-refractivity contribution in [2.45, 2.75) is 4.90 Å². The van der Waals surface area contributed by atoms with Gasteiger partial charge in [-0.2, -0.15) is 4.31 Å². The number of hydrogen-bond donors (Lipinski definition) is 0. The zero-order valence-electron chi connectivity index (χ0n) is 14.2. The first-order valence-corrected chi connectivity index (χ1v) is 10.8. The summed E-state index contributed by atoms with van der Waals surface area (Å²) in [7, 11) is -4.36. The van der Waals surface area contributed by atoms with Crippen LogP contribution in [-0.4, -0.2) is 59.1 Å². The van der Waals surface area contributed by atoms with Crippen LogP contribution >= 0.6 is 22.9 Å². The maximum absolute atomic E-state index is 13.9. The lowest BCUT2D eigenvalue weighted by molar-refractivity contribution is 0.0691. The highest BCUT2D eigenvalue weighted by molar-refractivity contribution is 7.89. The zero-order valence-corrected chi connectivity index (χ0v) is 16.6. The second kappa shape index (κ2) is 7.07. The van der Waals surface area contributed by atoms with Gasteiger partial charge in [-0.1, -0.05) is 17.7 Å². The van der Waals surface area contributed by atoms with Gasteiger partial charge in [-0.15, -0.1) is 11.3 Å². The summed E-state index contributed by atoms with van der Waals surface area (Å²) in [6, 6.07) is 2.88. The molecular formula is C16H13ClF2N4O3S2. The van der Waals surface area contributed by atoms with E-state index in [0.717, 1.165) is 22.5 Å². The molecule has 0 N–H and O–H groups in total. The van der Waals surface area contributed by atoms with E-state index in [1.54, 1.807) is 16.0 Å². The van der Waals surface area contributed by atoms with Gasteiger partial charge in [0.2, 0.25) is 10.0 Å². The average Bonchev–Trinajstić information content (AvgIpc) is 3.21. The summed E-state index contributed by atoms with van der Waals surface area (Å²) in [5.41, 5.74) is 0.203. The third-order valence-corrected chi connectivity index (χ3v) is 7.44. The van der Waals surface area contributed by atoms with Crippen LogP contribution in [0.15, 0.2) is 34.7 Å². The monoisotopic (exact) mass is 446 g/mol. The number of aromatic nitrogens is 2.